The third-order valence-corrected chi connectivity index (χ3v) is 4.35. The number of halogens is 1. The first-order valence-electron chi connectivity index (χ1n) is 6.76. The molecule has 21 heavy (non-hydrogen) atoms. The normalized spacial score (nSPS) is 12.3. The molecule has 1 atom stereocenters. The molecule has 0 aliphatic heterocycles. The van der Waals surface area contributed by atoms with Gasteiger partial charge in [0, 0.05) is 16.9 Å². The smallest absolute Gasteiger partial charge is 0.278 e. The van der Waals surface area contributed by atoms with Crippen LogP contribution in [0.15, 0.2) is 53.9 Å². The van der Waals surface area contributed by atoms with Crippen molar-refractivity contribution >= 4 is 16.5 Å². The van der Waals surface area contributed by atoms with Gasteiger partial charge in [-0.15, -0.1) is 0 Å². The van der Waals surface area contributed by atoms with Crippen molar-refractivity contribution in [3.63, 3.8) is 0 Å². The summed E-state index contributed by atoms with van der Waals surface area (Å²) in [5, 5.41) is 2.64. The highest BCUT2D eigenvalue weighted by atomic mass is 32.1. The van der Waals surface area contributed by atoms with Crippen LogP contribution in [0.1, 0.15) is 24.1 Å². The molecule has 0 saturated heterocycles. The molecule has 4 heteroatoms. The molecule has 3 N–H and O–H groups in total. The van der Waals surface area contributed by atoms with Crippen molar-refractivity contribution in [1.82, 2.24) is 0 Å². The molecular weight excluding hydrogens is 283 g/mol. The van der Waals surface area contributed by atoms with Gasteiger partial charge in [-0.05, 0) is 17.2 Å². The molecule has 0 radical (unpaired) electrons. The summed E-state index contributed by atoms with van der Waals surface area (Å²) in [5.74, 6) is -0.119. The molecule has 1 unspecified atom stereocenters. The number of aromatic nitrogens is 1. The van der Waals surface area contributed by atoms with Crippen molar-refractivity contribution in [3.05, 3.63) is 71.0 Å². The zero-order valence-corrected chi connectivity index (χ0v) is 12.5. The molecular formula is C17H16FN2S+. The van der Waals surface area contributed by atoms with Crippen LogP contribution in [-0.2, 0) is 0 Å². The summed E-state index contributed by atoms with van der Waals surface area (Å²) in [6.07, 6.45) is 0. The highest BCUT2D eigenvalue weighted by Gasteiger charge is 2.16. The van der Waals surface area contributed by atoms with Gasteiger partial charge < -0.3 is 0 Å². The predicted molar refractivity (Wildman–Crippen MR) is 84.6 cm³/mol. The Kier molecular flexibility index (Phi) is 3.71. The van der Waals surface area contributed by atoms with E-state index < -0.39 is 0 Å². The van der Waals surface area contributed by atoms with Crippen LogP contribution in [0.25, 0.3) is 11.1 Å². The van der Waals surface area contributed by atoms with E-state index in [-0.39, 0.29) is 11.7 Å². The van der Waals surface area contributed by atoms with Gasteiger partial charge in [0.15, 0.2) is 0 Å². The Morgan fingerprint density at radius 2 is 1.90 bits per heavy atom. The lowest BCUT2D eigenvalue weighted by Crippen LogP contribution is -2.13. The molecule has 0 aliphatic rings. The van der Waals surface area contributed by atoms with Gasteiger partial charge in [0.1, 0.15) is 11.5 Å². The summed E-state index contributed by atoms with van der Waals surface area (Å²) >= 11 is 1.46. The third-order valence-electron chi connectivity index (χ3n) is 3.62. The Bertz CT molecular complexity index is 752. The SMILES string of the molecule is CC(c1ccc(-c2ccccc2)c(F)c1)c1csc(N)[nH+]1. The molecule has 0 spiro atoms. The summed E-state index contributed by atoms with van der Waals surface area (Å²) in [4.78, 5) is 3.11. The maximum absolute atomic E-state index is 14.4. The molecule has 0 bridgehead atoms. The largest absolute Gasteiger partial charge is 0.329 e. The van der Waals surface area contributed by atoms with E-state index in [4.69, 9.17) is 5.73 Å². The third kappa shape index (κ3) is 2.81. The van der Waals surface area contributed by atoms with E-state index >= 15 is 0 Å². The number of thiazole rings is 1. The first-order valence-corrected chi connectivity index (χ1v) is 7.64. The van der Waals surface area contributed by atoms with E-state index in [1.54, 1.807) is 6.07 Å². The van der Waals surface area contributed by atoms with Crippen molar-refractivity contribution in [2.75, 3.05) is 5.73 Å². The second-order valence-electron chi connectivity index (χ2n) is 5.01. The maximum Gasteiger partial charge on any atom is 0.329 e. The average molecular weight is 299 g/mol. The Hall–Kier alpha value is -2.20. The molecule has 1 heterocycles. The molecule has 106 valence electrons. The van der Waals surface area contributed by atoms with Crippen LogP contribution >= 0.6 is 11.3 Å². The van der Waals surface area contributed by atoms with E-state index in [9.17, 15) is 4.39 Å². The number of aromatic amines is 1. The average Bonchev–Trinajstić information content (AvgIpc) is 2.94. The molecule has 2 aromatic carbocycles. The second-order valence-corrected chi connectivity index (χ2v) is 5.92. The van der Waals surface area contributed by atoms with Crippen LogP contribution in [0, 0.1) is 5.82 Å². The van der Waals surface area contributed by atoms with Gasteiger partial charge in [0.05, 0.1) is 0 Å². The van der Waals surface area contributed by atoms with E-state index in [1.165, 1.54) is 11.3 Å². The van der Waals surface area contributed by atoms with Crippen LogP contribution in [-0.4, -0.2) is 0 Å². The van der Waals surface area contributed by atoms with Gasteiger partial charge in [-0.3, -0.25) is 5.73 Å². The van der Waals surface area contributed by atoms with E-state index in [1.807, 2.05) is 54.8 Å². The summed E-state index contributed by atoms with van der Waals surface area (Å²) in [5.41, 5.74) is 9.16. The number of anilines is 1. The van der Waals surface area contributed by atoms with Crippen LogP contribution in [0.3, 0.4) is 0 Å². The Morgan fingerprint density at radius 1 is 1.14 bits per heavy atom. The standard InChI is InChI=1S/C17H15FN2S/c1-11(16-10-21-17(19)20-16)13-7-8-14(15(18)9-13)12-5-3-2-4-6-12/h2-11H,1H3,(H2,19,20)/p+1. The van der Waals surface area contributed by atoms with Crippen molar-refractivity contribution in [1.29, 1.82) is 0 Å². The molecule has 0 amide bonds. The first kappa shape index (κ1) is 13.8. The fourth-order valence-electron chi connectivity index (χ4n) is 2.37. The van der Waals surface area contributed by atoms with Crippen molar-refractivity contribution in [2.24, 2.45) is 0 Å². The quantitative estimate of drug-likeness (QED) is 0.777. The lowest BCUT2D eigenvalue weighted by atomic mass is 9.95. The van der Waals surface area contributed by atoms with Gasteiger partial charge in [-0.1, -0.05) is 60.7 Å². The maximum atomic E-state index is 14.4. The van der Waals surface area contributed by atoms with Crippen molar-refractivity contribution < 1.29 is 9.37 Å². The fraction of sp³-hybridized carbons (Fsp3) is 0.118. The van der Waals surface area contributed by atoms with E-state index in [0.29, 0.717) is 10.7 Å². The van der Waals surface area contributed by atoms with Gasteiger partial charge in [0.25, 0.3) is 0 Å². The molecule has 0 aliphatic carbocycles. The Labute approximate surface area is 127 Å². The lowest BCUT2D eigenvalue weighted by Gasteiger charge is -2.10. The molecule has 3 rings (SSSR count). The fourth-order valence-corrected chi connectivity index (χ4v) is 3.06. The number of hydrogen-bond acceptors (Lipinski definition) is 2. The second kappa shape index (κ2) is 5.66. The van der Waals surface area contributed by atoms with Gasteiger partial charge in [0.2, 0.25) is 0 Å². The number of nitrogen functional groups attached to an aromatic ring is 1. The predicted octanol–water partition coefficient (Wildman–Crippen LogP) is 4.10. The monoisotopic (exact) mass is 299 g/mol. The van der Waals surface area contributed by atoms with Crippen molar-refractivity contribution in [2.45, 2.75) is 12.8 Å². The summed E-state index contributed by atoms with van der Waals surface area (Å²) < 4.78 is 14.4. The lowest BCUT2D eigenvalue weighted by molar-refractivity contribution is -0.368. The zero-order chi connectivity index (χ0) is 14.8. The van der Waals surface area contributed by atoms with Crippen LogP contribution in [0.4, 0.5) is 9.52 Å². The number of rotatable bonds is 3. The summed E-state index contributed by atoms with van der Waals surface area (Å²) in [6, 6.07) is 15.0. The highest BCUT2D eigenvalue weighted by Crippen LogP contribution is 2.29. The first-order chi connectivity index (χ1) is 10.1. The number of nitrogens with two attached hydrogens (primary N) is 1. The number of benzene rings is 2. The van der Waals surface area contributed by atoms with Gasteiger partial charge in [-0.25, -0.2) is 9.37 Å². The van der Waals surface area contributed by atoms with Gasteiger partial charge >= 0.3 is 5.13 Å². The van der Waals surface area contributed by atoms with Crippen LogP contribution < -0.4 is 10.7 Å². The zero-order valence-electron chi connectivity index (χ0n) is 11.6. The van der Waals surface area contributed by atoms with Crippen LogP contribution in [0.5, 0.6) is 0 Å². The minimum Gasteiger partial charge on any atom is -0.278 e. The minimum atomic E-state index is -0.200. The summed E-state index contributed by atoms with van der Waals surface area (Å²) in [7, 11) is 0. The van der Waals surface area contributed by atoms with E-state index in [0.717, 1.165) is 16.8 Å². The number of hydrogen-bond donors (Lipinski definition) is 1. The Morgan fingerprint density at radius 3 is 2.52 bits per heavy atom. The van der Waals surface area contributed by atoms with E-state index in [2.05, 4.69) is 4.98 Å². The Balaban J connectivity index is 1.94. The van der Waals surface area contributed by atoms with Crippen LogP contribution in [0.2, 0.25) is 0 Å². The molecule has 1 aromatic heterocycles. The van der Waals surface area contributed by atoms with Gasteiger partial charge in [-0.2, -0.15) is 0 Å². The highest BCUT2D eigenvalue weighted by molar-refractivity contribution is 7.13. The molecule has 0 saturated carbocycles. The summed E-state index contributed by atoms with van der Waals surface area (Å²) in [6.45, 7) is 2.04. The minimum absolute atomic E-state index is 0.0814. The molecule has 2 nitrogen and oxygen atoms in total. The molecule has 0 fully saturated rings. The van der Waals surface area contributed by atoms with Crippen molar-refractivity contribution in [3.8, 4) is 11.1 Å². The number of nitrogens with one attached hydrogen (secondary N) is 1. The number of H-pyrrole nitrogens is 1. The molecule has 3 aromatic rings. The topological polar surface area (TPSA) is 40.2 Å².